The summed E-state index contributed by atoms with van der Waals surface area (Å²) in [6.45, 7) is 4.49. The maximum Gasteiger partial charge on any atom is 0.303 e. The Morgan fingerprint density at radius 3 is 2.55 bits per heavy atom. The van der Waals surface area contributed by atoms with Crippen molar-refractivity contribution in [1.29, 1.82) is 0 Å². The van der Waals surface area contributed by atoms with Crippen LogP contribution in [0, 0.1) is 13.8 Å². The van der Waals surface area contributed by atoms with E-state index in [0.717, 1.165) is 49.8 Å². The van der Waals surface area contributed by atoms with Crippen LogP contribution in [0.1, 0.15) is 47.4 Å². The first-order valence-electron chi connectivity index (χ1n) is 12.7. The number of carboxylic acids is 1. The van der Waals surface area contributed by atoms with Crippen molar-refractivity contribution in [3.05, 3.63) is 70.9 Å². The Hall–Kier alpha value is -3.04. The van der Waals surface area contributed by atoms with E-state index >= 15 is 0 Å². The van der Waals surface area contributed by atoms with Gasteiger partial charge in [0.1, 0.15) is 18.5 Å². The fraction of sp³-hybridized carbons (Fsp3) is 0.379. The predicted molar refractivity (Wildman–Crippen MR) is 148 cm³/mol. The van der Waals surface area contributed by atoms with E-state index in [1.54, 1.807) is 18.0 Å². The number of hydrogen-bond donors (Lipinski definition) is 1. The Labute approximate surface area is 227 Å². The molecule has 200 valence electrons. The maximum absolute atomic E-state index is 11.7. The fourth-order valence-corrected chi connectivity index (χ4v) is 7.90. The lowest BCUT2D eigenvalue weighted by Gasteiger charge is -2.24. The summed E-state index contributed by atoms with van der Waals surface area (Å²) in [7, 11) is -2.92. The highest BCUT2D eigenvalue weighted by Crippen LogP contribution is 2.42. The molecule has 2 aromatic carbocycles. The zero-order valence-corrected chi connectivity index (χ0v) is 23.1. The second-order valence-corrected chi connectivity index (χ2v) is 13.4. The number of rotatable bonds is 8. The summed E-state index contributed by atoms with van der Waals surface area (Å²) in [5.74, 6) is 1.63. The second kappa shape index (κ2) is 11.0. The van der Waals surface area contributed by atoms with Crippen LogP contribution in [0.5, 0.6) is 11.6 Å². The minimum absolute atomic E-state index is 0.00666. The highest BCUT2D eigenvalue weighted by Gasteiger charge is 2.27. The van der Waals surface area contributed by atoms with Gasteiger partial charge in [-0.05, 0) is 78.3 Å². The SMILES string of the molecule is Cc1cc(OC2CCS(=O)(=O)CC2)cc(C)c1-c1cccc(COc2cc3c(cn2)[C@H](CC(=O)O)CS3)c1. The van der Waals surface area contributed by atoms with E-state index in [9.17, 15) is 13.2 Å². The van der Waals surface area contributed by atoms with Crippen molar-refractivity contribution in [3.8, 4) is 22.8 Å². The van der Waals surface area contributed by atoms with Gasteiger partial charge in [-0.2, -0.15) is 0 Å². The molecule has 5 rings (SSSR count). The smallest absolute Gasteiger partial charge is 0.303 e. The Balaban J connectivity index is 1.26. The lowest BCUT2D eigenvalue weighted by Crippen LogP contribution is -2.30. The number of pyridine rings is 1. The van der Waals surface area contributed by atoms with Gasteiger partial charge in [0.15, 0.2) is 9.84 Å². The summed E-state index contributed by atoms with van der Waals surface area (Å²) in [6.07, 6.45) is 2.86. The van der Waals surface area contributed by atoms with E-state index in [-0.39, 0.29) is 29.9 Å². The van der Waals surface area contributed by atoms with Gasteiger partial charge in [-0.15, -0.1) is 11.8 Å². The summed E-state index contributed by atoms with van der Waals surface area (Å²) in [6, 6.07) is 14.2. The molecule has 1 atom stereocenters. The minimum Gasteiger partial charge on any atom is -0.490 e. The van der Waals surface area contributed by atoms with E-state index in [1.165, 1.54) is 0 Å². The lowest BCUT2D eigenvalue weighted by molar-refractivity contribution is -0.137. The molecule has 0 aliphatic carbocycles. The van der Waals surface area contributed by atoms with Crippen molar-refractivity contribution >= 4 is 27.6 Å². The summed E-state index contributed by atoms with van der Waals surface area (Å²) in [5, 5.41) is 9.12. The third-order valence-electron chi connectivity index (χ3n) is 7.08. The van der Waals surface area contributed by atoms with E-state index in [0.29, 0.717) is 25.3 Å². The van der Waals surface area contributed by atoms with Crippen molar-refractivity contribution in [2.45, 2.75) is 56.6 Å². The number of ether oxygens (including phenoxy) is 2. The highest BCUT2D eigenvalue weighted by atomic mass is 32.2. The number of carboxylic acid groups (broad SMARTS) is 1. The van der Waals surface area contributed by atoms with Crippen LogP contribution in [0.25, 0.3) is 11.1 Å². The van der Waals surface area contributed by atoms with Crippen LogP contribution >= 0.6 is 11.8 Å². The number of aliphatic carboxylic acids is 1. The molecule has 1 saturated heterocycles. The molecular formula is C29H31NO6S2. The topological polar surface area (TPSA) is 103 Å². The molecule has 3 aromatic rings. The first kappa shape index (κ1) is 26.6. The largest absolute Gasteiger partial charge is 0.490 e. The lowest BCUT2D eigenvalue weighted by atomic mass is 9.94. The third-order valence-corrected chi connectivity index (χ3v) is 10.0. The summed E-state index contributed by atoms with van der Waals surface area (Å²) in [5.41, 5.74) is 6.42. The molecule has 0 spiro atoms. The molecule has 1 aromatic heterocycles. The zero-order chi connectivity index (χ0) is 26.9. The van der Waals surface area contributed by atoms with E-state index in [1.807, 2.05) is 30.3 Å². The minimum atomic E-state index is -2.92. The number of carbonyl (C=O) groups is 1. The molecule has 0 saturated carbocycles. The number of aromatic nitrogens is 1. The van der Waals surface area contributed by atoms with Crippen LogP contribution in [0.4, 0.5) is 0 Å². The fourth-order valence-electron chi connectivity index (χ4n) is 5.20. The Kier molecular flexibility index (Phi) is 7.68. The summed E-state index contributed by atoms with van der Waals surface area (Å²) >= 11 is 1.65. The number of sulfone groups is 1. The van der Waals surface area contributed by atoms with Gasteiger partial charge in [-0.1, -0.05) is 18.2 Å². The van der Waals surface area contributed by atoms with E-state index in [4.69, 9.17) is 14.6 Å². The number of aryl methyl sites for hydroxylation is 2. The monoisotopic (exact) mass is 553 g/mol. The Bertz CT molecular complexity index is 1430. The molecule has 0 amide bonds. The van der Waals surface area contributed by atoms with Crippen molar-refractivity contribution < 1.29 is 27.8 Å². The molecule has 0 unspecified atom stereocenters. The van der Waals surface area contributed by atoms with Gasteiger partial charge in [0.05, 0.1) is 17.9 Å². The first-order valence-corrected chi connectivity index (χ1v) is 15.5. The van der Waals surface area contributed by atoms with Gasteiger partial charge in [-0.3, -0.25) is 4.79 Å². The molecule has 7 nitrogen and oxygen atoms in total. The average molecular weight is 554 g/mol. The first-order chi connectivity index (χ1) is 18.2. The van der Waals surface area contributed by atoms with Crippen LogP contribution in [-0.2, 0) is 21.2 Å². The van der Waals surface area contributed by atoms with Gasteiger partial charge in [-0.25, -0.2) is 13.4 Å². The molecule has 2 aliphatic rings. The van der Waals surface area contributed by atoms with Crippen molar-refractivity contribution in [1.82, 2.24) is 4.98 Å². The van der Waals surface area contributed by atoms with E-state index in [2.05, 4.69) is 31.0 Å². The van der Waals surface area contributed by atoms with Gasteiger partial charge in [0.2, 0.25) is 5.88 Å². The normalized spacial score (nSPS) is 18.6. The third kappa shape index (κ3) is 6.15. The molecule has 0 bridgehead atoms. The molecule has 3 heterocycles. The average Bonchev–Trinajstić information content (AvgIpc) is 3.25. The maximum atomic E-state index is 11.7. The number of hydrogen-bond acceptors (Lipinski definition) is 7. The molecule has 9 heteroatoms. The molecule has 2 aliphatic heterocycles. The van der Waals surface area contributed by atoms with Crippen molar-refractivity contribution in [2.24, 2.45) is 0 Å². The number of benzene rings is 2. The van der Waals surface area contributed by atoms with Crippen LogP contribution in [0.2, 0.25) is 0 Å². The highest BCUT2D eigenvalue weighted by molar-refractivity contribution is 7.99. The number of nitrogens with zero attached hydrogens (tertiary/aromatic N) is 1. The Morgan fingerprint density at radius 1 is 1.11 bits per heavy atom. The molecule has 1 fully saturated rings. The molecule has 1 N–H and O–H groups in total. The quantitative estimate of drug-likeness (QED) is 0.387. The van der Waals surface area contributed by atoms with Crippen molar-refractivity contribution in [3.63, 3.8) is 0 Å². The predicted octanol–water partition coefficient (Wildman–Crippen LogP) is 5.56. The Morgan fingerprint density at radius 2 is 1.84 bits per heavy atom. The standard InChI is InChI=1S/C29H31NO6S2/c1-18-10-24(36-23-6-8-38(33,34)9-7-23)11-19(2)29(18)21-5-3-4-20(12-21)16-35-27-14-26-25(15-30-27)22(17-37-26)13-28(31)32/h3-5,10-12,14-15,22-23H,6-9,13,16-17H2,1-2H3,(H,31,32)/t22-/m1/s1. The summed E-state index contributed by atoms with van der Waals surface area (Å²) < 4.78 is 35.6. The van der Waals surface area contributed by atoms with Crippen LogP contribution in [-0.4, -0.2) is 47.8 Å². The van der Waals surface area contributed by atoms with Gasteiger partial charge < -0.3 is 14.6 Å². The van der Waals surface area contributed by atoms with Crippen LogP contribution < -0.4 is 9.47 Å². The van der Waals surface area contributed by atoms with Crippen LogP contribution in [0.15, 0.2) is 53.6 Å². The summed E-state index contributed by atoms with van der Waals surface area (Å²) in [4.78, 5) is 16.6. The van der Waals surface area contributed by atoms with Crippen LogP contribution in [0.3, 0.4) is 0 Å². The second-order valence-electron chi connectivity index (χ2n) is 10.1. The molecular weight excluding hydrogens is 522 g/mol. The molecule has 0 radical (unpaired) electrons. The number of thioether (sulfide) groups is 1. The van der Waals surface area contributed by atoms with Gasteiger partial charge >= 0.3 is 5.97 Å². The van der Waals surface area contributed by atoms with Crippen molar-refractivity contribution in [2.75, 3.05) is 17.3 Å². The van der Waals surface area contributed by atoms with Gasteiger partial charge in [0, 0.05) is 28.8 Å². The number of fused-ring (bicyclic) bond motifs is 1. The van der Waals surface area contributed by atoms with Gasteiger partial charge in [0.25, 0.3) is 0 Å². The van der Waals surface area contributed by atoms with E-state index < -0.39 is 15.8 Å². The zero-order valence-electron chi connectivity index (χ0n) is 21.5. The molecule has 38 heavy (non-hydrogen) atoms.